The van der Waals surface area contributed by atoms with Gasteiger partial charge in [0, 0.05) is 43.1 Å². The summed E-state index contributed by atoms with van der Waals surface area (Å²) in [5.41, 5.74) is 8.16. The van der Waals surface area contributed by atoms with Gasteiger partial charge in [-0.15, -0.1) is 0 Å². The Bertz CT molecular complexity index is 1350. The van der Waals surface area contributed by atoms with Crippen LogP contribution in [0, 0.1) is 11.6 Å². The lowest BCUT2D eigenvalue weighted by Crippen LogP contribution is -2.17. The molecule has 0 aliphatic carbocycles. The van der Waals surface area contributed by atoms with Gasteiger partial charge in [-0.1, -0.05) is 12.1 Å². The summed E-state index contributed by atoms with van der Waals surface area (Å²) < 4.78 is 29.9. The number of primary amides is 1. The normalized spacial score (nSPS) is 10.9. The molecule has 0 spiro atoms. The number of nitrogens with zero attached hydrogens (tertiary/aromatic N) is 3. The fraction of sp³-hybridized carbons (Fsp3) is 0.167. The second-order valence-electron chi connectivity index (χ2n) is 7.63. The molecule has 4 aromatic rings. The first-order valence-electron chi connectivity index (χ1n) is 10.6. The number of carbonyl (C=O) groups is 2. The highest BCUT2D eigenvalue weighted by Crippen LogP contribution is 2.36. The average Bonchev–Trinajstić information content (AvgIpc) is 3.49. The monoisotopic (exact) mass is 464 g/mol. The van der Waals surface area contributed by atoms with Gasteiger partial charge in [0.15, 0.2) is 0 Å². The zero-order chi connectivity index (χ0) is 24.2. The van der Waals surface area contributed by atoms with Crippen molar-refractivity contribution in [1.82, 2.24) is 25.1 Å². The lowest BCUT2D eigenvalue weighted by atomic mass is 9.96. The Hall–Kier alpha value is -4.34. The maximum atomic E-state index is 14.8. The van der Waals surface area contributed by atoms with Crippen LogP contribution in [0.5, 0.6) is 0 Å². The van der Waals surface area contributed by atoms with Gasteiger partial charge in [-0.3, -0.25) is 19.3 Å². The van der Waals surface area contributed by atoms with E-state index in [1.165, 1.54) is 10.6 Å². The van der Waals surface area contributed by atoms with Crippen molar-refractivity contribution < 1.29 is 18.4 Å². The number of carbonyl (C=O) groups excluding carboxylic acids is 2. The van der Waals surface area contributed by atoms with Gasteiger partial charge < -0.3 is 11.1 Å². The number of imidazole rings is 1. The van der Waals surface area contributed by atoms with Gasteiger partial charge in [0.05, 0.1) is 23.1 Å². The van der Waals surface area contributed by atoms with Gasteiger partial charge in [-0.05, 0) is 36.6 Å². The van der Waals surface area contributed by atoms with Crippen molar-refractivity contribution in [2.75, 3.05) is 7.05 Å². The summed E-state index contributed by atoms with van der Waals surface area (Å²) in [4.78, 5) is 28.7. The number of H-pyrrole nitrogens is 1. The summed E-state index contributed by atoms with van der Waals surface area (Å²) in [7, 11) is 1.56. The van der Waals surface area contributed by atoms with Crippen LogP contribution in [0.1, 0.15) is 28.9 Å². The van der Waals surface area contributed by atoms with Gasteiger partial charge in [-0.2, -0.15) is 5.10 Å². The maximum Gasteiger partial charge on any atom is 0.249 e. The van der Waals surface area contributed by atoms with Crippen LogP contribution >= 0.6 is 0 Å². The number of aromatic amines is 1. The molecule has 0 aliphatic heterocycles. The Morgan fingerprint density at radius 3 is 2.71 bits per heavy atom. The molecule has 0 saturated heterocycles. The number of benzene rings is 2. The Balaban J connectivity index is 1.92. The Morgan fingerprint density at radius 2 is 2.03 bits per heavy atom. The van der Waals surface area contributed by atoms with E-state index in [1.807, 2.05) is 0 Å². The maximum absolute atomic E-state index is 14.8. The van der Waals surface area contributed by atoms with Crippen molar-refractivity contribution in [3.05, 3.63) is 77.9 Å². The van der Waals surface area contributed by atoms with Crippen LogP contribution in [0.15, 0.2) is 55.0 Å². The van der Waals surface area contributed by atoms with Crippen LogP contribution in [-0.2, 0) is 11.2 Å². The van der Waals surface area contributed by atoms with E-state index in [0.717, 1.165) is 12.1 Å². The fourth-order valence-electron chi connectivity index (χ4n) is 3.78. The molecule has 0 radical (unpaired) electrons. The molecule has 174 valence electrons. The van der Waals surface area contributed by atoms with Crippen LogP contribution in [0.25, 0.3) is 28.2 Å². The number of hydrogen-bond acceptors (Lipinski definition) is 4. The SMILES string of the molecule is CNC(=O)CCCc1cn(-c2ccc(F)cc2F)c(-c2c(C(N)=O)cccc2-c2cn[nH]c2)n1. The minimum atomic E-state index is -0.794. The molecule has 2 heterocycles. The molecule has 34 heavy (non-hydrogen) atoms. The number of aryl methyl sites for hydroxylation is 1. The molecule has 4 N–H and O–H groups in total. The highest BCUT2D eigenvalue weighted by atomic mass is 19.1. The Labute approximate surface area is 193 Å². The van der Waals surface area contributed by atoms with Gasteiger partial charge >= 0.3 is 0 Å². The molecular formula is C24H22F2N6O2. The van der Waals surface area contributed by atoms with Gasteiger partial charge in [-0.25, -0.2) is 13.8 Å². The molecule has 0 unspecified atom stereocenters. The minimum absolute atomic E-state index is 0.0545. The zero-order valence-electron chi connectivity index (χ0n) is 18.3. The van der Waals surface area contributed by atoms with Crippen LogP contribution in [0.4, 0.5) is 8.78 Å². The minimum Gasteiger partial charge on any atom is -0.366 e. The summed E-state index contributed by atoms with van der Waals surface area (Å²) in [5, 5.41) is 9.27. The first kappa shape index (κ1) is 22.8. The number of nitrogens with two attached hydrogens (primary N) is 1. The second kappa shape index (κ2) is 9.65. The van der Waals surface area contributed by atoms with E-state index in [1.54, 1.807) is 43.8 Å². The van der Waals surface area contributed by atoms with Crippen molar-refractivity contribution in [2.24, 2.45) is 5.73 Å². The molecule has 0 fully saturated rings. The topological polar surface area (TPSA) is 119 Å². The van der Waals surface area contributed by atoms with E-state index >= 15 is 0 Å². The fourth-order valence-corrected chi connectivity index (χ4v) is 3.78. The standard InChI is InChI=1S/C24H22F2N6O2/c1-28-21(33)7-2-4-16-13-32(20-9-8-15(25)10-19(20)26)24(31-16)22-17(14-11-29-30-12-14)5-3-6-18(22)23(27)34/h3,5-6,8-13H,2,4,7H2,1H3,(H2,27,34)(H,28,33)(H,29,30). The Morgan fingerprint density at radius 1 is 1.21 bits per heavy atom. The number of rotatable bonds is 8. The molecule has 0 bridgehead atoms. The third-order valence-corrected chi connectivity index (χ3v) is 5.40. The van der Waals surface area contributed by atoms with Crippen molar-refractivity contribution >= 4 is 11.8 Å². The quantitative estimate of drug-likeness (QED) is 0.370. The third-order valence-electron chi connectivity index (χ3n) is 5.40. The molecule has 0 aliphatic rings. The predicted molar refractivity (Wildman–Crippen MR) is 122 cm³/mol. The van der Waals surface area contributed by atoms with Crippen LogP contribution in [0.2, 0.25) is 0 Å². The summed E-state index contributed by atoms with van der Waals surface area (Å²) >= 11 is 0. The summed E-state index contributed by atoms with van der Waals surface area (Å²) in [6.45, 7) is 0. The number of aromatic nitrogens is 4. The predicted octanol–water partition coefficient (Wildman–Crippen LogP) is 3.38. The van der Waals surface area contributed by atoms with Gasteiger partial charge in [0.1, 0.15) is 17.5 Å². The molecule has 10 heteroatoms. The van der Waals surface area contributed by atoms with Gasteiger partial charge in [0.2, 0.25) is 11.8 Å². The first-order valence-corrected chi connectivity index (χ1v) is 10.6. The van der Waals surface area contributed by atoms with E-state index in [4.69, 9.17) is 5.73 Å². The lowest BCUT2D eigenvalue weighted by molar-refractivity contribution is -0.120. The average molecular weight is 464 g/mol. The Kier molecular flexibility index (Phi) is 6.48. The van der Waals surface area contributed by atoms with Crippen LogP contribution in [0.3, 0.4) is 0 Å². The van der Waals surface area contributed by atoms with E-state index in [9.17, 15) is 18.4 Å². The number of hydrogen-bond donors (Lipinski definition) is 3. The summed E-state index contributed by atoms with van der Waals surface area (Å²) in [6, 6.07) is 8.24. The van der Waals surface area contributed by atoms with Crippen molar-refractivity contribution in [2.45, 2.75) is 19.3 Å². The van der Waals surface area contributed by atoms with E-state index < -0.39 is 17.5 Å². The molecule has 8 nitrogen and oxygen atoms in total. The highest BCUT2D eigenvalue weighted by molar-refractivity contribution is 6.03. The molecule has 0 saturated carbocycles. The number of halogens is 2. The summed E-state index contributed by atoms with van der Waals surface area (Å²) in [5.74, 6) is -2.05. The third kappa shape index (κ3) is 4.56. The molecule has 4 rings (SSSR count). The largest absolute Gasteiger partial charge is 0.366 e. The number of nitrogens with one attached hydrogen (secondary N) is 2. The highest BCUT2D eigenvalue weighted by Gasteiger charge is 2.23. The molecule has 2 aromatic carbocycles. The van der Waals surface area contributed by atoms with Crippen molar-refractivity contribution in [1.29, 1.82) is 0 Å². The van der Waals surface area contributed by atoms with Crippen molar-refractivity contribution in [3.8, 4) is 28.2 Å². The zero-order valence-corrected chi connectivity index (χ0v) is 18.3. The second-order valence-corrected chi connectivity index (χ2v) is 7.63. The van der Waals surface area contributed by atoms with Crippen LogP contribution < -0.4 is 11.1 Å². The van der Waals surface area contributed by atoms with E-state index in [2.05, 4.69) is 20.5 Å². The van der Waals surface area contributed by atoms with Gasteiger partial charge in [0.25, 0.3) is 0 Å². The van der Waals surface area contributed by atoms with Crippen molar-refractivity contribution in [3.63, 3.8) is 0 Å². The lowest BCUT2D eigenvalue weighted by Gasteiger charge is -2.14. The molecular weight excluding hydrogens is 442 g/mol. The van der Waals surface area contributed by atoms with E-state index in [-0.39, 0.29) is 23.0 Å². The van der Waals surface area contributed by atoms with Crippen LogP contribution in [-0.4, -0.2) is 38.6 Å². The number of amides is 2. The smallest absolute Gasteiger partial charge is 0.249 e. The summed E-state index contributed by atoms with van der Waals surface area (Å²) in [6.07, 6.45) is 6.08. The van der Waals surface area contributed by atoms with E-state index in [0.29, 0.717) is 41.6 Å². The molecule has 0 atom stereocenters. The molecule has 2 aromatic heterocycles. The first-order chi connectivity index (χ1) is 16.4. The molecule has 2 amide bonds.